The number of benzene rings is 2. The molecule has 0 saturated carbocycles. The van der Waals surface area contributed by atoms with E-state index in [1.54, 1.807) is 24.5 Å². The number of hydrogen-bond acceptors (Lipinski definition) is 5. The molecule has 1 aliphatic rings. The molecule has 0 spiro atoms. The van der Waals surface area contributed by atoms with Crippen LogP contribution < -0.4 is 10.8 Å². The number of rotatable bonds is 3. The van der Waals surface area contributed by atoms with Crippen LogP contribution >= 0.6 is 0 Å². The molecule has 1 aliphatic heterocycles. The average molecular weight is 331 g/mol. The molecule has 25 heavy (non-hydrogen) atoms. The Morgan fingerprint density at radius 3 is 3.04 bits per heavy atom. The smallest absolute Gasteiger partial charge is 0.524 e. The third kappa shape index (κ3) is 3.09. The Kier molecular flexibility index (Phi) is 3.91. The van der Waals surface area contributed by atoms with Crippen LogP contribution in [0.1, 0.15) is 5.56 Å². The number of aliphatic imine (C=N–C) groups is 1. The van der Waals surface area contributed by atoms with Gasteiger partial charge in [0.15, 0.2) is 6.40 Å². The first-order valence-corrected chi connectivity index (χ1v) is 7.82. The summed E-state index contributed by atoms with van der Waals surface area (Å²) in [6, 6.07) is 12.9. The molecule has 2 heterocycles. The van der Waals surface area contributed by atoms with Gasteiger partial charge < -0.3 is 15.0 Å². The Morgan fingerprint density at radius 1 is 1.20 bits per heavy atom. The van der Waals surface area contributed by atoms with Crippen molar-refractivity contribution >= 4 is 47.0 Å². The van der Waals surface area contributed by atoms with E-state index in [1.807, 2.05) is 30.3 Å². The second kappa shape index (κ2) is 6.37. The van der Waals surface area contributed by atoms with Crippen LogP contribution in [-0.2, 0) is 15.9 Å². The van der Waals surface area contributed by atoms with Gasteiger partial charge in [-0.25, -0.2) is 4.99 Å². The lowest BCUT2D eigenvalue weighted by molar-refractivity contribution is -0.115. The van der Waals surface area contributed by atoms with Crippen LogP contribution in [0.15, 0.2) is 59.9 Å². The summed E-state index contributed by atoms with van der Waals surface area (Å²) in [5, 5.41) is 14.8. The van der Waals surface area contributed by atoms with E-state index >= 15 is 0 Å². The van der Waals surface area contributed by atoms with E-state index in [2.05, 4.69) is 15.3 Å². The zero-order valence-corrected chi connectivity index (χ0v) is 13.2. The van der Waals surface area contributed by atoms with E-state index in [4.69, 9.17) is 4.65 Å². The monoisotopic (exact) mass is 331 g/mol. The summed E-state index contributed by atoms with van der Waals surface area (Å²) in [5.41, 5.74) is 2.60. The van der Waals surface area contributed by atoms with Crippen molar-refractivity contribution < 1.29 is 14.5 Å². The van der Waals surface area contributed by atoms with Crippen molar-refractivity contribution in [1.82, 2.24) is 4.98 Å². The van der Waals surface area contributed by atoms with Crippen LogP contribution in [0.5, 0.6) is 0 Å². The van der Waals surface area contributed by atoms with Crippen molar-refractivity contribution in [3.63, 3.8) is 0 Å². The summed E-state index contributed by atoms with van der Waals surface area (Å²) in [6.45, 7) is 0. The maximum Gasteiger partial charge on any atom is 0.562 e. The number of nitrogens with one attached hydrogen (secondary N) is 1. The Hall–Kier alpha value is -3.19. The number of hydrogen-bond donors (Lipinski definition) is 2. The van der Waals surface area contributed by atoms with Gasteiger partial charge >= 0.3 is 7.12 Å². The Labute approximate surface area is 144 Å². The molecule has 3 aromatic rings. The van der Waals surface area contributed by atoms with Gasteiger partial charge in [-0.05, 0) is 29.1 Å². The molecule has 4 rings (SSSR count). The summed E-state index contributed by atoms with van der Waals surface area (Å²) in [7, 11) is -1.05. The number of aromatic nitrogens is 1. The highest BCUT2D eigenvalue weighted by Crippen LogP contribution is 2.22. The predicted octanol–water partition coefficient (Wildman–Crippen LogP) is 1.79. The topological polar surface area (TPSA) is 83.8 Å². The second-order valence-electron chi connectivity index (χ2n) is 5.74. The van der Waals surface area contributed by atoms with Gasteiger partial charge in [-0.3, -0.25) is 9.78 Å². The third-order valence-corrected chi connectivity index (χ3v) is 4.06. The summed E-state index contributed by atoms with van der Waals surface area (Å²) >= 11 is 0. The molecular weight excluding hydrogens is 317 g/mol. The van der Waals surface area contributed by atoms with E-state index in [9.17, 15) is 9.82 Å². The molecule has 1 aromatic heterocycles. The summed E-state index contributed by atoms with van der Waals surface area (Å²) in [5.74, 6) is -0.155. The Bertz CT molecular complexity index is 990. The summed E-state index contributed by atoms with van der Waals surface area (Å²) < 4.78 is 4.96. The van der Waals surface area contributed by atoms with Crippen LogP contribution in [0, 0.1) is 0 Å². The van der Waals surface area contributed by atoms with Crippen molar-refractivity contribution in [2.75, 3.05) is 5.32 Å². The van der Waals surface area contributed by atoms with Gasteiger partial charge in [-0.15, -0.1) is 0 Å². The molecule has 2 N–H and O–H groups in total. The fraction of sp³-hybridized carbons (Fsp3) is 0.0556. The van der Waals surface area contributed by atoms with E-state index in [1.165, 1.54) is 6.40 Å². The molecule has 0 aliphatic carbocycles. The minimum Gasteiger partial charge on any atom is -0.524 e. The number of carbonyl (C=O) groups is 1. The van der Waals surface area contributed by atoms with Gasteiger partial charge in [-0.2, -0.15) is 0 Å². The van der Waals surface area contributed by atoms with Crippen molar-refractivity contribution in [1.29, 1.82) is 0 Å². The summed E-state index contributed by atoms with van der Waals surface area (Å²) in [6.07, 6.45) is 4.85. The van der Waals surface area contributed by atoms with Crippen LogP contribution in [0.4, 0.5) is 11.4 Å². The molecule has 0 saturated heterocycles. The number of nitrogens with zero attached hydrogens (tertiary/aromatic N) is 2. The van der Waals surface area contributed by atoms with Crippen LogP contribution in [0.25, 0.3) is 10.8 Å². The number of pyridine rings is 1. The number of para-hydroxylation sites is 1. The minimum absolute atomic E-state index is 0.154. The number of fused-ring (bicyclic) bond motifs is 2. The lowest BCUT2D eigenvalue weighted by Gasteiger charge is -2.16. The zero-order valence-electron chi connectivity index (χ0n) is 13.2. The van der Waals surface area contributed by atoms with Crippen LogP contribution in [0.2, 0.25) is 0 Å². The Balaban J connectivity index is 1.54. The van der Waals surface area contributed by atoms with Crippen molar-refractivity contribution in [2.45, 2.75) is 6.42 Å². The van der Waals surface area contributed by atoms with Gasteiger partial charge in [0.2, 0.25) is 5.91 Å². The van der Waals surface area contributed by atoms with Gasteiger partial charge in [-0.1, -0.05) is 24.3 Å². The third-order valence-electron chi connectivity index (χ3n) is 4.06. The number of amides is 1. The molecule has 0 radical (unpaired) electrons. The van der Waals surface area contributed by atoms with Crippen LogP contribution in [0.3, 0.4) is 0 Å². The van der Waals surface area contributed by atoms with E-state index < -0.39 is 7.12 Å². The minimum atomic E-state index is -1.05. The first kappa shape index (κ1) is 15.3. The highest BCUT2D eigenvalue weighted by atomic mass is 16.5. The number of anilines is 1. The predicted molar refractivity (Wildman–Crippen MR) is 97.4 cm³/mol. The maximum atomic E-state index is 12.4. The SMILES string of the molecule is O=C(Cc1cccc2c1N=COB2O)Nc1ccc2cnccc2c1. The van der Waals surface area contributed by atoms with Gasteiger partial charge in [0, 0.05) is 28.9 Å². The standard InChI is InChI=1S/C18H14BN3O3/c23-17(22-15-5-4-14-10-20-7-6-12(14)8-15)9-13-2-1-3-16-18(13)21-11-25-19(16)24/h1-8,10-11,24H,9H2,(H,22,23). The fourth-order valence-corrected chi connectivity index (χ4v) is 2.86. The molecule has 1 amide bonds. The molecule has 7 heteroatoms. The molecule has 2 aromatic carbocycles. The molecule has 6 nitrogen and oxygen atoms in total. The maximum absolute atomic E-state index is 12.4. The summed E-state index contributed by atoms with van der Waals surface area (Å²) in [4.78, 5) is 20.6. The molecule has 0 fully saturated rings. The lowest BCUT2D eigenvalue weighted by atomic mass is 9.76. The normalized spacial score (nSPS) is 12.6. The fourth-order valence-electron chi connectivity index (χ4n) is 2.86. The van der Waals surface area contributed by atoms with Gasteiger partial charge in [0.05, 0.1) is 12.1 Å². The quantitative estimate of drug-likeness (QED) is 0.717. The van der Waals surface area contributed by atoms with Crippen LogP contribution in [-0.4, -0.2) is 29.4 Å². The van der Waals surface area contributed by atoms with Crippen molar-refractivity contribution in [3.8, 4) is 0 Å². The average Bonchev–Trinajstić information content (AvgIpc) is 2.62. The van der Waals surface area contributed by atoms with Gasteiger partial charge in [0.1, 0.15) is 0 Å². The van der Waals surface area contributed by atoms with Crippen molar-refractivity contribution in [3.05, 3.63) is 60.4 Å². The first-order chi connectivity index (χ1) is 12.2. The molecule has 0 atom stereocenters. The van der Waals surface area contributed by atoms with Gasteiger partial charge in [0.25, 0.3) is 0 Å². The molecular formula is C18H14BN3O3. The first-order valence-electron chi connectivity index (χ1n) is 7.82. The number of carbonyl (C=O) groups excluding carboxylic acids is 1. The molecule has 0 unspecified atom stereocenters. The highest BCUT2D eigenvalue weighted by Gasteiger charge is 2.26. The van der Waals surface area contributed by atoms with Crippen molar-refractivity contribution in [2.24, 2.45) is 4.99 Å². The largest absolute Gasteiger partial charge is 0.562 e. The molecule has 0 bridgehead atoms. The zero-order chi connectivity index (χ0) is 17.2. The van der Waals surface area contributed by atoms with E-state index in [0.717, 1.165) is 22.0 Å². The lowest BCUT2D eigenvalue weighted by Crippen LogP contribution is -2.36. The molecule has 122 valence electrons. The van der Waals surface area contributed by atoms with E-state index in [0.29, 0.717) is 11.2 Å². The van der Waals surface area contributed by atoms with E-state index in [-0.39, 0.29) is 12.3 Å². The Morgan fingerprint density at radius 2 is 2.12 bits per heavy atom. The highest BCUT2D eigenvalue weighted by molar-refractivity contribution is 6.63. The second-order valence-corrected chi connectivity index (χ2v) is 5.74.